The maximum absolute atomic E-state index is 12.1. The molecule has 0 aromatic heterocycles. The molecule has 0 bridgehead atoms. The third-order valence-corrected chi connectivity index (χ3v) is 7.61. The Morgan fingerprint density at radius 2 is 1.94 bits per heavy atom. The van der Waals surface area contributed by atoms with E-state index in [0.717, 1.165) is 36.5 Å². The van der Waals surface area contributed by atoms with Crippen LogP contribution in [0.4, 0.5) is 0 Å². The second kappa shape index (κ2) is 12.2. The van der Waals surface area contributed by atoms with Crippen molar-refractivity contribution in [2.24, 2.45) is 5.92 Å². The van der Waals surface area contributed by atoms with E-state index in [9.17, 15) is 4.79 Å². The van der Waals surface area contributed by atoms with Crippen molar-refractivity contribution in [1.82, 2.24) is 15.1 Å². The minimum absolute atomic E-state index is 0.0899. The van der Waals surface area contributed by atoms with Crippen LogP contribution < -0.4 is 5.32 Å². The zero-order valence-electron chi connectivity index (χ0n) is 19.0. The van der Waals surface area contributed by atoms with Crippen molar-refractivity contribution in [2.75, 3.05) is 33.2 Å². The van der Waals surface area contributed by atoms with E-state index in [4.69, 9.17) is 23.2 Å². The van der Waals surface area contributed by atoms with Gasteiger partial charge in [-0.1, -0.05) is 49.0 Å². The molecule has 3 rings (SSSR count). The number of hydrogen-bond acceptors (Lipinski definition) is 3. The highest BCUT2D eigenvalue weighted by molar-refractivity contribution is 6.35. The van der Waals surface area contributed by atoms with Crippen LogP contribution in [0, 0.1) is 5.92 Å². The van der Waals surface area contributed by atoms with E-state index in [2.05, 4.69) is 29.1 Å². The predicted octanol–water partition coefficient (Wildman–Crippen LogP) is 5.49. The maximum Gasteiger partial charge on any atom is 0.244 e. The number of piperidine rings is 1. The highest BCUT2D eigenvalue weighted by atomic mass is 35.5. The summed E-state index contributed by atoms with van der Waals surface area (Å²) in [6.45, 7) is 6.50. The van der Waals surface area contributed by atoms with Gasteiger partial charge in [0.05, 0.1) is 0 Å². The molecule has 2 atom stereocenters. The number of nitrogens with one attached hydrogen (secondary N) is 1. The van der Waals surface area contributed by atoms with Crippen LogP contribution in [0.25, 0.3) is 6.08 Å². The van der Waals surface area contributed by atoms with Crippen LogP contribution in [0.2, 0.25) is 10.0 Å². The number of halogens is 2. The summed E-state index contributed by atoms with van der Waals surface area (Å²) < 4.78 is 0. The molecule has 1 heterocycles. The second-order valence-electron chi connectivity index (χ2n) is 9.21. The zero-order valence-corrected chi connectivity index (χ0v) is 20.5. The summed E-state index contributed by atoms with van der Waals surface area (Å²) in [6, 6.07) is 6.76. The first kappa shape index (κ1) is 24.6. The van der Waals surface area contributed by atoms with Gasteiger partial charge in [-0.15, -0.1) is 0 Å². The molecule has 6 heteroatoms. The lowest BCUT2D eigenvalue weighted by atomic mass is 9.84. The third-order valence-electron chi connectivity index (χ3n) is 7.05. The van der Waals surface area contributed by atoms with Gasteiger partial charge in [0.1, 0.15) is 0 Å². The maximum atomic E-state index is 12.1. The summed E-state index contributed by atoms with van der Waals surface area (Å²) in [6.07, 6.45) is 12.3. The molecule has 172 valence electrons. The predicted molar refractivity (Wildman–Crippen MR) is 132 cm³/mol. The van der Waals surface area contributed by atoms with Crippen LogP contribution in [0.15, 0.2) is 24.3 Å². The standard InChI is InChI=1S/C25H37Cl2N3O/c1-19-6-3-4-7-24(19)29(2)22-12-16-30(17-13-22)15-5-14-28-25(31)11-9-20-8-10-21(26)18-23(20)27/h8-11,18-19,22,24H,3-7,12-17H2,1-2H3,(H,28,31)/b11-9+. The Labute approximate surface area is 198 Å². The van der Waals surface area contributed by atoms with Crippen LogP contribution in [-0.4, -0.2) is 61.0 Å². The summed E-state index contributed by atoms with van der Waals surface area (Å²) >= 11 is 12.0. The Morgan fingerprint density at radius 3 is 2.65 bits per heavy atom. The van der Waals surface area contributed by atoms with Crippen LogP contribution in [-0.2, 0) is 4.79 Å². The SMILES string of the molecule is CC1CCCCC1N(C)C1CCN(CCCNC(=O)/C=C/c2ccc(Cl)cc2Cl)CC1. The first-order chi connectivity index (χ1) is 14.9. The van der Waals surface area contributed by atoms with Crippen molar-refractivity contribution in [1.29, 1.82) is 0 Å². The fourth-order valence-electron chi connectivity index (χ4n) is 5.10. The molecule has 1 N–H and O–H groups in total. The first-order valence-corrected chi connectivity index (χ1v) is 12.5. The molecule has 1 aliphatic carbocycles. The summed E-state index contributed by atoms with van der Waals surface area (Å²) in [7, 11) is 2.35. The van der Waals surface area contributed by atoms with Crippen molar-refractivity contribution in [3.63, 3.8) is 0 Å². The van der Waals surface area contributed by atoms with E-state index in [-0.39, 0.29) is 5.91 Å². The van der Waals surface area contributed by atoms with Crippen molar-refractivity contribution < 1.29 is 4.79 Å². The van der Waals surface area contributed by atoms with Gasteiger partial charge in [0, 0.05) is 34.7 Å². The van der Waals surface area contributed by atoms with Gasteiger partial charge < -0.3 is 15.1 Å². The van der Waals surface area contributed by atoms with E-state index in [1.54, 1.807) is 18.2 Å². The number of rotatable bonds is 8. The number of nitrogens with zero attached hydrogens (tertiary/aromatic N) is 2. The number of carbonyl (C=O) groups is 1. The lowest BCUT2D eigenvalue weighted by Crippen LogP contribution is -2.50. The molecule has 0 spiro atoms. The topological polar surface area (TPSA) is 35.6 Å². The van der Waals surface area contributed by atoms with Crippen LogP contribution in [0.1, 0.15) is 57.4 Å². The molecule has 1 saturated carbocycles. The van der Waals surface area contributed by atoms with Gasteiger partial charge in [-0.05, 0) is 88.5 Å². The largest absolute Gasteiger partial charge is 0.353 e. The lowest BCUT2D eigenvalue weighted by molar-refractivity contribution is -0.116. The normalized spacial score (nSPS) is 23.5. The molecular formula is C25H37Cl2N3O. The molecule has 2 fully saturated rings. The van der Waals surface area contributed by atoms with Gasteiger partial charge >= 0.3 is 0 Å². The fourth-order valence-corrected chi connectivity index (χ4v) is 5.57. The zero-order chi connectivity index (χ0) is 22.2. The molecule has 1 amide bonds. The molecule has 0 radical (unpaired) electrons. The first-order valence-electron chi connectivity index (χ1n) is 11.8. The lowest BCUT2D eigenvalue weighted by Gasteiger charge is -2.44. The van der Waals surface area contributed by atoms with Crippen molar-refractivity contribution in [3.05, 3.63) is 39.9 Å². The van der Waals surface area contributed by atoms with Crippen LogP contribution in [0.5, 0.6) is 0 Å². The minimum atomic E-state index is -0.0899. The molecule has 1 aromatic rings. The molecular weight excluding hydrogens is 429 g/mol. The molecule has 1 aromatic carbocycles. The quantitative estimate of drug-likeness (QED) is 0.407. The van der Waals surface area contributed by atoms with E-state index < -0.39 is 0 Å². The van der Waals surface area contributed by atoms with Gasteiger partial charge in [-0.25, -0.2) is 0 Å². The van der Waals surface area contributed by atoms with Crippen molar-refractivity contribution >= 4 is 35.2 Å². The monoisotopic (exact) mass is 465 g/mol. The van der Waals surface area contributed by atoms with Gasteiger partial charge in [0.2, 0.25) is 5.91 Å². The summed E-state index contributed by atoms with van der Waals surface area (Å²) in [5.41, 5.74) is 0.789. The van der Waals surface area contributed by atoms with Gasteiger partial charge in [-0.2, -0.15) is 0 Å². The molecule has 31 heavy (non-hydrogen) atoms. The fraction of sp³-hybridized carbons (Fsp3) is 0.640. The molecule has 4 nitrogen and oxygen atoms in total. The Morgan fingerprint density at radius 1 is 1.19 bits per heavy atom. The number of hydrogen-bond donors (Lipinski definition) is 1. The Hall–Kier alpha value is -1.07. The highest BCUT2D eigenvalue weighted by Gasteiger charge is 2.31. The molecule has 1 saturated heterocycles. The van der Waals surface area contributed by atoms with E-state index >= 15 is 0 Å². The third kappa shape index (κ3) is 7.49. The van der Waals surface area contributed by atoms with E-state index in [1.807, 2.05) is 6.07 Å². The number of carbonyl (C=O) groups excluding carboxylic acids is 1. The van der Waals surface area contributed by atoms with E-state index in [0.29, 0.717) is 16.6 Å². The summed E-state index contributed by atoms with van der Waals surface area (Å²) in [4.78, 5) is 17.3. The van der Waals surface area contributed by atoms with Crippen LogP contribution >= 0.6 is 23.2 Å². The average Bonchev–Trinajstić information content (AvgIpc) is 2.76. The molecule has 2 unspecified atom stereocenters. The number of benzene rings is 1. The van der Waals surface area contributed by atoms with Gasteiger partial charge in [0.25, 0.3) is 0 Å². The smallest absolute Gasteiger partial charge is 0.244 e. The second-order valence-corrected chi connectivity index (χ2v) is 10.1. The Kier molecular flexibility index (Phi) is 9.71. The minimum Gasteiger partial charge on any atom is -0.353 e. The van der Waals surface area contributed by atoms with Crippen molar-refractivity contribution in [3.8, 4) is 0 Å². The Bertz CT molecular complexity index is 746. The molecule has 2 aliphatic rings. The Balaban J connectivity index is 1.31. The molecule has 1 aliphatic heterocycles. The number of amides is 1. The average molecular weight is 466 g/mol. The van der Waals surface area contributed by atoms with Gasteiger partial charge in [0.15, 0.2) is 0 Å². The van der Waals surface area contributed by atoms with Crippen LogP contribution in [0.3, 0.4) is 0 Å². The number of likely N-dealkylation sites (tertiary alicyclic amines) is 1. The van der Waals surface area contributed by atoms with Gasteiger partial charge in [-0.3, -0.25) is 4.79 Å². The van der Waals surface area contributed by atoms with Crippen molar-refractivity contribution in [2.45, 2.75) is 64.0 Å². The summed E-state index contributed by atoms with van der Waals surface area (Å²) in [5, 5.41) is 4.10. The van der Waals surface area contributed by atoms with E-state index in [1.165, 1.54) is 57.7 Å². The highest BCUT2D eigenvalue weighted by Crippen LogP contribution is 2.30. The summed E-state index contributed by atoms with van der Waals surface area (Å²) in [5.74, 6) is 0.748.